The topological polar surface area (TPSA) is 124 Å². The quantitative estimate of drug-likeness (QED) is 0.351. The first-order chi connectivity index (χ1) is 9.95. The number of carboxylic acid groups (broad SMARTS) is 2. The molecule has 0 heterocycles. The summed E-state index contributed by atoms with van der Waals surface area (Å²) in [6, 6.07) is 0. The van der Waals surface area contributed by atoms with E-state index in [0.29, 0.717) is 26.1 Å². The number of aliphatic hydroxyl groups excluding tert-OH is 2. The highest BCUT2D eigenvalue weighted by Gasteiger charge is 1.89. The first-order valence-electron chi connectivity index (χ1n) is 6.41. The summed E-state index contributed by atoms with van der Waals surface area (Å²) in [5.74, 6) is -1.53. The summed E-state index contributed by atoms with van der Waals surface area (Å²) in [6.45, 7) is 7.43. The van der Waals surface area contributed by atoms with Crippen molar-refractivity contribution in [2.24, 2.45) is 0 Å². The van der Waals surface area contributed by atoms with Gasteiger partial charge in [0.15, 0.2) is 0 Å². The fourth-order valence-electron chi connectivity index (χ4n) is 0.682. The van der Waals surface area contributed by atoms with Crippen molar-refractivity contribution in [1.82, 2.24) is 0 Å². The monoisotopic (exact) mass is 306 g/mol. The number of hydrogen-bond donors (Lipinski definition) is 4. The lowest BCUT2D eigenvalue weighted by atomic mass is 10.3. The van der Waals surface area contributed by atoms with Crippen LogP contribution in [0.1, 0.15) is 25.7 Å². The van der Waals surface area contributed by atoms with E-state index in [0.717, 1.165) is 0 Å². The van der Waals surface area contributed by atoms with E-state index in [2.05, 4.69) is 17.9 Å². The molecule has 0 bridgehead atoms. The Hall–Kier alpha value is -1.70. The second-order valence-corrected chi connectivity index (χ2v) is 3.50. The van der Waals surface area contributed by atoms with Crippen LogP contribution < -0.4 is 0 Å². The van der Waals surface area contributed by atoms with Gasteiger partial charge in [0.2, 0.25) is 0 Å². The Labute approximate surface area is 125 Å². The fraction of sp³-hybridized carbons (Fsp3) is 0.571. The highest BCUT2D eigenvalue weighted by atomic mass is 16.5. The summed E-state index contributed by atoms with van der Waals surface area (Å²) in [7, 11) is 0. The van der Waals surface area contributed by atoms with Crippen molar-refractivity contribution in [3.8, 4) is 0 Å². The third-order valence-corrected chi connectivity index (χ3v) is 1.60. The van der Waals surface area contributed by atoms with Gasteiger partial charge in [-0.25, -0.2) is 0 Å². The smallest absolute Gasteiger partial charge is 0.303 e. The molecule has 0 aliphatic heterocycles. The number of aliphatic carboxylic acids is 2. The van der Waals surface area contributed by atoms with Gasteiger partial charge in [0.05, 0.1) is 26.4 Å². The molecule has 7 nitrogen and oxygen atoms in total. The van der Waals surface area contributed by atoms with E-state index in [9.17, 15) is 9.59 Å². The predicted octanol–water partition coefficient (Wildman–Crippen LogP) is 1.06. The number of carbonyl (C=O) groups is 2. The Morgan fingerprint density at radius 3 is 1.33 bits per heavy atom. The molecule has 0 aromatic rings. The SMILES string of the molecule is C=CCCC(=O)O.C=CCCC(=O)O.OCCOCCO. The molecule has 0 rings (SSSR count). The molecule has 0 fully saturated rings. The number of aliphatic hydroxyl groups is 2. The van der Waals surface area contributed by atoms with Gasteiger partial charge < -0.3 is 25.2 Å². The van der Waals surface area contributed by atoms with E-state index in [1.807, 2.05) is 0 Å². The maximum absolute atomic E-state index is 9.71. The number of ether oxygens (including phenoxy) is 1. The van der Waals surface area contributed by atoms with Crippen LogP contribution in [0.25, 0.3) is 0 Å². The van der Waals surface area contributed by atoms with Gasteiger partial charge >= 0.3 is 11.9 Å². The highest BCUT2D eigenvalue weighted by molar-refractivity contribution is 5.67. The van der Waals surface area contributed by atoms with Crippen molar-refractivity contribution in [1.29, 1.82) is 0 Å². The Morgan fingerprint density at radius 2 is 1.19 bits per heavy atom. The van der Waals surface area contributed by atoms with E-state index in [4.69, 9.17) is 20.4 Å². The lowest BCUT2D eigenvalue weighted by molar-refractivity contribution is -0.137. The minimum Gasteiger partial charge on any atom is -0.481 e. The van der Waals surface area contributed by atoms with Crippen LogP contribution in [0.15, 0.2) is 25.3 Å². The maximum Gasteiger partial charge on any atom is 0.303 e. The summed E-state index contributed by atoms with van der Waals surface area (Å²) in [5.41, 5.74) is 0. The molecule has 4 N–H and O–H groups in total. The molecule has 124 valence electrons. The van der Waals surface area contributed by atoms with Crippen molar-refractivity contribution in [2.75, 3.05) is 26.4 Å². The van der Waals surface area contributed by atoms with Crippen LogP contribution in [-0.4, -0.2) is 58.8 Å². The third-order valence-electron chi connectivity index (χ3n) is 1.60. The third kappa shape index (κ3) is 45.8. The molecule has 0 aliphatic carbocycles. The number of rotatable bonds is 10. The molecule has 0 amide bonds. The van der Waals surface area contributed by atoms with Crippen LogP contribution >= 0.6 is 0 Å². The molecule has 0 aliphatic rings. The van der Waals surface area contributed by atoms with Gasteiger partial charge in [-0.1, -0.05) is 12.2 Å². The van der Waals surface area contributed by atoms with Crippen LogP contribution in [0.2, 0.25) is 0 Å². The standard InChI is InChI=1S/2C5H8O2.C4H10O3/c2*1-2-3-4-5(6)7;5-1-3-7-4-2-6/h2*2H,1,3-4H2,(H,6,7);5-6H,1-4H2. The molecule has 0 saturated heterocycles. The van der Waals surface area contributed by atoms with E-state index < -0.39 is 11.9 Å². The molecule has 0 unspecified atom stereocenters. The molecule has 0 radical (unpaired) electrons. The number of hydrogen-bond acceptors (Lipinski definition) is 5. The normalized spacial score (nSPS) is 8.48. The van der Waals surface area contributed by atoms with Gasteiger partial charge in [-0.2, -0.15) is 0 Å². The van der Waals surface area contributed by atoms with Crippen molar-refractivity contribution >= 4 is 11.9 Å². The minimum atomic E-state index is -0.764. The first-order valence-corrected chi connectivity index (χ1v) is 6.41. The van der Waals surface area contributed by atoms with Gasteiger partial charge in [0.25, 0.3) is 0 Å². The molecule has 0 aromatic carbocycles. The van der Waals surface area contributed by atoms with Gasteiger partial charge in [-0.05, 0) is 12.8 Å². The summed E-state index contributed by atoms with van der Waals surface area (Å²) < 4.78 is 4.63. The van der Waals surface area contributed by atoms with E-state index in [1.165, 1.54) is 0 Å². The molecular formula is C14H26O7. The summed E-state index contributed by atoms with van der Waals surface area (Å²) in [5, 5.41) is 32.2. The van der Waals surface area contributed by atoms with Crippen molar-refractivity contribution in [3.63, 3.8) is 0 Å². The summed E-state index contributed by atoms with van der Waals surface area (Å²) >= 11 is 0. The van der Waals surface area contributed by atoms with Crippen LogP contribution in [0.3, 0.4) is 0 Å². The predicted molar refractivity (Wildman–Crippen MR) is 79.1 cm³/mol. The zero-order valence-corrected chi connectivity index (χ0v) is 12.2. The fourth-order valence-corrected chi connectivity index (χ4v) is 0.682. The van der Waals surface area contributed by atoms with Gasteiger partial charge in [-0.3, -0.25) is 9.59 Å². The zero-order valence-electron chi connectivity index (χ0n) is 12.2. The highest BCUT2D eigenvalue weighted by Crippen LogP contribution is 1.86. The molecule has 0 aromatic heterocycles. The van der Waals surface area contributed by atoms with Crippen LogP contribution in [0.4, 0.5) is 0 Å². The average molecular weight is 306 g/mol. The second-order valence-electron chi connectivity index (χ2n) is 3.50. The Morgan fingerprint density at radius 1 is 0.857 bits per heavy atom. The van der Waals surface area contributed by atoms with Crippen molar-refractivity contribution < 1.29 is 34.8 Å². The molecule has 0 saturated carbocycles. The van der Waals surface area contributed by atoms with Crippen LogP contribution in [0.5, 0.6) is 0 Å². The Bertz CT molecular complexity index is 238. The number of allylic oxidation sites excluding steroid dienone is 2. The Balaban J connectivity index is -0.000000231. The average Bonchev–Trinajstić information content (AvgIpc) is 2.44. The zero-order chi connectivity index (χ0) is 16.9. The summed E-state index contributed by atoms with van der Waals surface area (Å²) in [4.78, 5) is 19.4. The van der Waals surface area contributed by atoms with Crippen LogP contribution in [0, 0.1) is 0 Å². The van der Waals surface area contributed by atoms with Crippen molar-refractivity contribution in [2.45, 2.75) is 25.7 Å². The van der Waals surface area contributed by atoms with E-state index in [-0.39, 0.29) is 26.1 Å². The number of carboxylic acids is 2. The van der Waals surface area contributed by atoms with Gasteiger partial charge in [0, 0.05) is 12.8 Å². The van der Waals surface area contributed by atoms with Crippen LogP contribution in [-0.2, 0) is 14.3 Å². The van der Waals surface area contributed by atoms with Crippen molar-refractivity contribution in [3.05, 3.63) is 25.3 Å². The molecular weight excluding hydrogens is 280 g/mol. The first kappa shape index (κ1) is 24.3. The maximum atomic E-state index is 9.71. The molecule has 0 atom stereocenters. The molecule has 21 heavy (non-hydrogen) atoms. The second kappa shape index (κ2) is 23.4. The molecule has 0 spiro atoms. The van der Waals surface area contributed by atoms with E-state index in [1.54, 1.807) is 12.2 Å². The minimum absolute atomic E-state index is 0.0278. The lowest BCUT2D eigenvalue weighted by Crippen LogP contribution is -2.03. The lowest BCUT2D eigenvalue weighted by Gasteiger charge is -1.94. The molecule has 7 heteroatoms. The Kier molecular flexibility index (Phi) is 27.1. The van der Waals surface area contributed by atoms with Gasteiger partial charge in [0.1, 0.15) is 0 Å². The largest absolute Gasteiger partial charge is 0.481 e. The van der Waals surface area contributed by atoms with Gasteiger partial charge in [-0.15, -0.1) is 13.2 Å². The van der Waals surface area contributed by atoms with E-state index >= 15 is 0 Å². The summed E-state index contributed by atoms with van der Waals surface area (Å²) in [6.07, 6.45) is 4.71.